The molecule has 0 spiro atoms. The lowest BCUT2D eigenvalue weighted by atomic mass is 10.0. The number of carbonyl (C=O) groups excluding carboxylic acids is 1. The van der Waals surface area contributed by atoms with Gasteiger partial charge in [-0.3, -0.25) is 0 Å². The quantitative estimate of drug-likeness (QED) is 0.705. The van der Waals surface area contributed by atoms with Crippen LogP contribution in [-0.2, 0) is 4.74 Å². The number of alkyl halides is 3. The van der Waals surface area contributed by atoms with Gasteiger partial charge in [0.1, 0.15) is 0 Å². The molecular weight excluding hydrogens is 201 g/mol. The second-order valence-corrected chi connectivity index (χ2v) is 3.15. The molecule has 1 aliphatic heterocycles. The smallest absolute Gasteiger partial charge is 0.425 e. The zero-order valence-electron chi connectivity index (χ0n) is 7.30. The third kappa shape index (κ3) is 2.76. The molecular formula is C7H11F3N2O2. The van der Waals surface area contributed by atoms with Crippen LogP contribution >= 0.6 is 0 Å². The van der Waals surface area contributed by atoms with E-state index in [0.717, 1.165) is 0 Å². The van der Waals surface area contributed by atoms with Gasteiger partial charge in [0.2, 0.25) is 6.10 Å². The Labute approximate surface area is 78.6 Å². The lowest BCUT2D eigenvalue weighted by molar-refractivity contribution is -0.216. The molecule has 4 nitrogen and oxygen atoms in total. The predicted molar refractivity (Wildman–Crippen MR) is 41.5 cm³/mol. The predicted octanol–water partition coefficient (Wildman–Crippen LogP) is 0.622. The topological polar surface area (TPSA) is 64.4 Å². The Kier molecular flexibility index (Phi) is 3.20. The van der Waals surface area contributed by atoms with E-state index in [-0.39, 0.29) is 6.54 Å². The van der Waals surface area contributed by atoms with Gasteiger partial charge in [0.05, 0.1) is 0 Å². The van der Waals surface area contributed by atoms with E-state index in [0.29, 0.717) is 13.0 Å². The fourth-order valence-electron chi connectivity index (χ4n) is 1.49. The number of carbonyl (C=O) groups is 1. The fraction of sp³-hybridized carbons (Fsp3) is 0.857. The minimum Gasteiger partial charge on any atom is -0.436 e. The SMILES string of the molecule is NC(=O)OC(C1CCNC1)C(F)(F)F. The summed E-state index contributed by atoms with van der Waals surface area (Å²) in [6.07, 6.45) is -7.70. The number of halogens is 3. The largest absolute Gasteiger partial charge is 0.436 e. The van der Waals surface area contributed by atoms with E-state index in [1.54, 1.807) is 0 Å². The van der Waals surface area contributed by atoms with Gasteiger partial charge in [0.15, 0.2) is 0 Å². The molecule has 1 heterocycles. The molecule has 0 aromatic carbocycles. The number of hydrogen-bond acceptors (Lipinski definition) is 3. The highest BCUT2D eigenvalue weighted by atomic mass is 19.4. The second-order valence-electron chi connectivity index (χ2n) is 3.15. The molecule has 1 rings (SSSR count). The summed E-state index contributed by atoms with van der Waals surface area (Å²) >= 11 is 0. The lowest BCUT2D eigenvalue weighted by Gasteiger charge is -2.24. The Morgan fingerprint density at radius 2 is 2.21 bits per heavy atom. The molecule has 0 aromatic rings. The third-order valence-corrected chi connectivity index (χ3v) is 2.09. The van der Waals surface area contributed by atoms with Crippen molar-refractivity contribution in [3.8, 4) is 0 Å². The van der Waals surface area contributed by atoms with Gasteiger partial charge < -0.3 is 15.8 Å². The summed E-state index contributed by atoms with van der Waals surface area (Å²) in [5.74, 6) is -0.734. The van der Waals surface area contributed by atoms with Crippen molar-refractivity contribution in [1.29, 1.82) is 0 Å². The van der Waals surface area contributed by atoms with E-state index in [9.17, 15) is 18.0 Å². The summed E-state index contributed by atoms with van der Waals surface area (Å²) in [6, 6.07) is 0. The lowest BCUT2D eigenvalue weighted by Crippen LogP contribution is -2.42. The van der Waals surface area contributed by atoms with Gasteiger partial charge in [0, 0.05) is 12.5 Å². The van der Waals surface area contributed by atoms with Crippen LogP contribution < -0.4 is 11.1 Å². The molecule has 0 aromatic heterocycles. The van der Waals surface area contributed by atoms with Gasteiger partial charge in [-0.25, -0.2) is 4.79 Å². The van der Waals surface area contributed by atoms with Crippen molar-refractivity contribution in [2.24, 2.45) is 11.7 Å². The van der Waals surface area contributed by atoms with Crippen LogP contribution in [0.25, 0.3) is 0 Å². The van der Waals surface area contributed by atoms with Crippen LogP contribution in [0, 0.1) is 5.92 Å². The molecule has 1 aliphatic rings. The molecule has 0 aliphatic carbocycles. The monoisotopic (exact) mass is 212 g/mol. The van der Waals surface area contributed by atoms with Crippen LogP contribution in [0.3, 0.4) is 0 Å². The first-order valence-corrected chi connectivity index (χ1v) is 4.15. The Bertz CT molecular complexity index is 213. The summed E-state index contributed by atoms with van der Waals surface area (Å²) in [4.78, 5) is 10.3. The molecule has 1 fully saturated rings. The molecule has 14 heavy (non-hydrogen) atoms. The number of rotatable bonds is 2. The van der Waals surface area contributed by atoms with Crippen molar-refractivity contribution < 1.29 is 22.7 Å². The minimum atomic E-state index is -4.55. The Morgan fingerprint density at radius 1 is 1.57 bits per heavy atom. The molecule has 0 bridgehead atoms. The first-order chi connectivity index (χ1) is 6.41. The van der Waals surface area contributed by atoms with E-state index in [2.05, 4.69) is 15.8 Å². The van der Waals surface area contributed by atoms with Gasteiger partial charge in [0.25, 0.3) is 0 Å². The molecule has 7 heteroatoms. The van der Waals surface area contributed by atoms with Crippen molar-refractivity contribution in [3.63, 3.8) is 0 Å². The molecule has 2 atom stereocenters. The first kappa shape index (κ1) is 11.1. The number of nitrogens with one attached hydrogen (secondary N) is 1. The molecule has 0 saturated carbocycles. The van der Waals surface area contributed by atoms with Gasteiger partial charge in [-0.2, -0.15) is 13.2 Å². The van der Waals surface area contributed by atoms with Gasteiger partial charge in [-0.15, -0.1) is 0 Å². The van der Waals surface area contributed by atoms with E-state index in [1.165, 1.54) is 0 Å². The Balaban J connectivity index is 2.65. The van der Waals surface area contributed by atoms with Gasteiger partial charge >= 0.3 is 12.3 Å². The van der Waals surface area contributed by atoms with Crippen LogP contribution in [-0.4, -0.2) is 31.5 Å². The maximum Gasteiger partial charge on any atom is 0.425 e. The number of ether oxygens (including phenoxy) is 1. The normalized spacial score (nSPS) is 24.6. The molecule has 1 amide bonds. The maximum absolute atomic E-state index is 12.4. The average molecular weight is 212 g/mol. The van der Waals surface area contributed by atoms with Crippen LogP contribution in [0.4, 0.5) is 18.0 Å². The zero-order valence-corrected chi connectivity index (χ0v) is 7.30. The summed E-state index contributed by atoms with van der Waals surface area (Å²) in [7, 11) is 0. The van der Waals surface area contributed by atoms with Crippen LogP contribution in [0.5, 0.6) is 0 Å². The van der Waals surface area contributed by atoms with Gasteiger partial charge in [-0.1, -0.05) is 0 Å². The van der Waals surface area contributed by atoms with Crippen molar-refractivity contribution in [1.82, 2.24) is 5.32 Å². The van der Waals surface area contributed by atoms with E-state index >= 15 is 0 Å². The van der Waals surface area contributed by atoms with Crippen molar-refractivity contribution in [2.45, 2.75) is 18.7 Å². The maximum atomic E-state index is 12.4. The fourth-order valence-corrected chi connectivity index (χ4v) is 1.49. The number of primary amides is 1. The number of nitrogens with two attached hydrogens (primary N) is 1. The second kappa shape index (κ2) is 4.04. The van der Waals surface area contributed by atoms with Crippen LogP contribution in [0.15, 0.2) is 0 Å². The van der Waals surface area contributed by atoms with Crippen molar-refractivity contribution in [3.05, 3.63) is 0 Å². The zero-order chi connectivity index (χ0) is 10.8. The molecule has 2 unspecified atom stereocenters. The highest BCUT2D eigenvalue weighted by molar-refractivity contribution is 5.64. The summed E-state index contributed by atoms with van der Waals surface area (Å²) in [5, 5.41) is 2.77. The molecule has 82 valence electrons. The minimum absolute atomic E-state index is 0.192. The van der Waals surface area contributed by atoms with E-state index in [4.69, 9.17) is 0 Å². The molecule has 3 N–H and O–H groups in total. The van der Waals surface area contributed by atoms with E-state index < -0.39 is 24.3 Å². The van der Waals surface area contributed by atoms with Gasteiger partial charge in [-0.05, 0) is 13.0 Å². The standard InChI is InChI=1S/C7H11F3N2O2/c8-7(9,10)5(14-6(11)13)4-1-2-12-3-4/h4-5,12H,1-3H2,(H2,11,13). The number of amides is 1. The Hall–Kier alpha value is -0.980. The Morgan fingerprint density at radius 3 is 2.57 bits per heavy atom. The molecule has 1 saturated heterocycles. The summed E-state index contributed by atoms with van der Waals surface area (Å²) < 4.78 is 41.2. The summed E-state index contributed by atoms with van der Waals surface area (Å²) in [6.45, 7) is 0.691. The summed E-state index contributed by atoms with van der Waals surface area (Å²) in [5.41, 5.74) is 4.58. The average Bonchev–Trinajstić information content (AvgIpc) is 2.49. The van der Waals surface area contributed by atoms with E-state index in [1.807, 2.05) is 0 Å². The van der Waals surface area contributed by atoms with Crippen LogP contribution in [0.2, 0.25) is 0 Å². The highest BCUT2D eigenvalue weighted by Crippen LogP contribution is 2.31. The molecule has 0 radical (unpaired) electrons. The third-order valence-electron chi connectivity index (χ3n) is 2.09. The van der Waals surface area contributed by atoms with Crippen molar-refractivity contribution in [2.75, 3.05) is 13.1 Å². The first-order valence-electron chi connectivity index (χ1n) is 4.15. The highest BCUT2D eigenvalue weighted by Gasteiger charge is 2.48. The van der Waals surface area contributed by atoms with Crippen molar-refractivity contribution >= 4 is 6.09 Å². The van der Waals surface area contributed by atoms with Crippen LogP contribution in [0.1, 0.15) is 6.42 Å². The number of hydrogen-bond donors (Lipinski definition) is 2.